The number of amides is 1. The second-order valence-electron chi connectivity index (χ2n) is 3.59. The van der Waals surface area contributed by atoms with E-state index in [1.807, 2.05) is 14.0 Å². The number of carbonyl (C=O) groups is 1. The van der Waals surface area contributed by atoms with Crippen molar-refractivity contribution in [3.05, 3.63) is 12.2 Å². The molecule has 4 nitrogen and oxygen atoms in total. The maximum absolute atomic E-state index is 11.3. The van der Waals surface area contributed by atoms with Gasteiger partial charge in [0.2, 0.25) is 5.91 Å². The molecule has 0 spiro atoms. The van der Waals surface area contributed by atoms with Crippen LogP contribution in [0.1, 0.15) is 26.7 Å². The SMILES string of the molecule is CCCC(C)NC(=O)/C=C/CN(C)OC. The molecule has 0 saturated carbocycles. The van der Waals surface area contributed by atoms with E-state index >= 15 is 0 Å². The highest BCUT2D eigenvalue weighted by Gasteiger charge is 2.02. The quantitative estimate of drug-likeness (QED) is 0.513. The number of hydroxylamine groups is 2. The summed E-state index contributed by atoms with van der Waals surface area (Å²) in [6.45, 7) is 4.72. The molecule has 0 aromatic rings. The fraction of sp³-hybridized carbons (Fsp3) is 0.727. The Labute approximate surface area is 92.2 Å². The van der Waals surface area contributed by atoms with Crippen LogP contribution in [0.25, 0.3) is 0 Å². The van der Waals surface area contributed by atoms with Crippen molar-refractivity contribution in [3.63, 3.8) is 0 Å². The third kappa shape index (κ3) is 8.15. The molecular weight excluding hydrogens is 192 g/mol. The minimum Gasteiger partial charge on any atom is -0.350 e. The molecule has 0 aliphatic heterocycles. The van der Waals surface area contributed by atoms with Crippen LogP contribution in [0.3, 0.4) is 0 Å². The number of nitrogens with one attached hydrogen (secondary N) is 1. The molecule has 1 N–H and O–H groups in total. The van der Waals surface area contributed by atoms with Crippen molar-refractivity contribution >= 4 is 5.91 Å². The minimum absolute atomic E-state index is 0.0412. The number of hydrogen-bond acceptors (Lipinski definition) is 3. The van der Waals surface area contributed by atoms with E-state index < -0.39 is 0 Å². The van der Waals surface area contributed by atoms with Crippen LogP contribution >= 0.6 is 0 Å². The van der Waals surface area contributed by atoms with Gasteiger partial charge in [0.05, 0.1) is 7.11 Å². The first-order valence-corrected chi connectivity index (χ1v) is 5.32. The fourth-order valence-electron chi connectivity index (χ4n) is 1.18. The molecule has 0 bridgehead atoms. The van der Waals surface area contributed by atoms with Gasteiger partial charge in [-0.25, -0.2) is 0 Å². The second-order valence-corrected chi connectivity index (χ2v) is 3.59. The summed E-state index contributed by atoms with van der Waals surface area (Å²) < 4.78 is 0. The van der Waals surface area contributed by atoms with Gasteiger partial charge in [0, 0.05) is 25.7 Å². The number of hydrogen-bond donors (Lipinski definition) is 1. The van der Waals surface area contributed by atoms with E-state index in [1.165, 1.54) is 0 Å². The Hall–Kier alpha value is -0.870. The topological polar surface area (TPSA) is 41.6 Å². The molecule has 0 aliphatic rings. The average Bonchev–Trinajstić information content (AvgIpc) is 2.17. The van der Waals surface area contributed by atoms with Gasteiger partial charge in [-0.15, -0.1) is 0 Å². The largest absolute Gasteiger partial charge is 0.350 e. The van der Waals surface area contributed by atoms with E-state index in [9.17, 15) is 4.79 Å². The van der Waals surface area contributed by atoms with Crippen molar-refractivity contribution in [3.8, 4) is 0 Å². The molecule has 4 heteroatoms. The van der Waals surface area contributed by atoms with E-state index in [1.54, 1.807) is 24.3 Å². The summed E-state index contributed by atoms with van der Waals surface area (Å²) in [5.74, 6) is -0.0412. The summed E-state index contributed by atoms with van der Waals surface area (Å²) in [4.78, 5) is 16.2. The summed E-state index contributed by atoms with van der Waals surface area (Å²) >= 11 is 0. The lowest BCUT2D eigenvalue weighted by Gasteiger charge is -2.11. The zero-order valence-electron chi connectivity index (χ0n) is 10.1. The highest BCUT2D eigenvalue weighted by molar-refractivity contribution is 5.87. The zero-order chi connectivity index (χ0) is 11.7. The van der Waals surface area contributed by atoms with Gasteiger partial charge >= 0.3 is 0 Å². The van der Waals surface area contributed by atoms with Gasteiger partial charge in [-0.3, -0.25) is 4.79 Å². The molecule has 1 atom stereocenters. The number of likely N-dealkylation sites (N-methyl/N-ethyl adjacent to an activating group) is 1. The molecule has 0 heterocycles. The van der Waals surface area contributed by atoms with Crippen molar-refractivity contribution < 1.29 is 9.63 Å². The van der Waals surface area contributed by atoms with E-state index in [4.69, 9.17) is 4.84 Å². The molecule has 0 aromatic carbocycles. The summed E-state index contributed by atoms with van der Waals surface area (Å²) in [5.41, 5.74) is 0. The van der Waals surface area contributed by atoms with E-state index in [0.717, 1.165) is 12.8 Å². The molecule has 0 rings (SSSR count). The van der Waals surface area contributed by atoms with Crippen molar-refractivity contribution in [2.75, 3.05) is 20.7 Å². The molecule has 0 aromatic heterocycles. The molecule has 1 unspecified atom stereocenters. The molecule has 0 aliphatic carbocycles. The monoisotopic (exact) mass is 214 g/mol. The molecular formula is C11H22N2O2. The Morgan fingerprint density at radius 3 is 2.80 bits per heavy atom. The number of carbonyl (C=O) groups excluding carboxylic acids is 1. The maximum Gasteiger partial charge on any atom is 0.243 e. The lowest BCUT2D eigenvalue weighted by atomic mass is 10.2. The summed E-state index contributed by atoms with van der Waals surface area (Å²) in [6.07, 6.45) is 5.41. The average molecular weight is 214 g/mol. The van der Waals surface area contributed by atoms with Gasteiger partial charge in [0.1, 0.15) is 0 Å². The summed E-state index contributed by atoms with van der Waals surface area (Å²) in [5, 5.41) is 4.53. The first kappa shape index (κ1) is 14.1. The van der Waals surface area contributed by atoms with Crippen LogP contribution in [0.4, 0.5) is 0 Å². The maximum atomic E-state index is 11.3. The van der Waals surface area contributed by atoms with Crippen LogP contribution in [-0.2, 0) is 9.63 Å². The van der Waals surface area contributed by atoms with E-state index in [2.05, 4.69) is 12.2 Å². The standard InChI is InChI=1S/C11H22N2O2/c1-5-7-10(2)12-11(14)8-6-9-13(3)15-4/h6,8,10H,5,7,9H2,1-4H3,(H,12,14)/b8-6+. The van der Waals surface area contributed by atoms with Crippen molar-refractivity contribution in [2.45, 2.75) is 32.7 Å². The van der Waals surface area contributed by atoms with Gasteiger partial charge in [0.25, 0.3) is 0 Å². The Kier molecular flexibility index (Phi) is 7.95. The van der Waals surface area contributed by atoms with Gasteiger partial charge in [0.15, 0.2) is 0 Å². The van der Waals surface area contributed by atoms with Crippen molar-refractivity contribution in [2.24, 2.45) is 0 Å². The Morgan fingerprint density at radius 1 is 1.60 bits per heavy atom. The molecule has 0 saturated heterocycles. The van der Waals surface area contributed by atoms with Gasteiger partial charge in [-0.05, 0) is 13.3 Å². The Balaban J connectivity index is 3.72. The van der Waals surface area contributed by atoms with Crippen LogP contribution in [0.15, 0.2) is 12.2 Å². The van der Waals surface area contributed by atoms with Crippen LogP contribution in [0, 0.1) is 0 Å². The third-order valence-corrected chi connectivity index (χ3v) is 2.05. The summed E-state index contributed by atoms with van der Waals surface area (Å²) in [7, 11) is 3.40. The van der Waals surface area contributed by atoms with Crippen molar-refractivity contribution in [1.82, 2.24) is 10.4 Å². The molecule has 0 fully saturated rings. The van der Waals surface area contributed by atoms with Gasteiger partial charge < -0.3 is 10.2 Å². The highest BCUT2D eigenvalue weighted by Crippen LogP contribution is 1.94. The predicted octanol–water partition coefficient (Wildman–Crippen LogP) is 1.34. The van der Waals surface area contributed by atoms with Gasteiger partial charge in [-0.1, -0.05) is 19.4 Å². The highest BCUT2D eigenvalue weighted by atomic mass is 16.7. The van der Waals surface area contributed by atoms with E-state index in [0.29, 0.717) is 6.54 Å². The Bertz CT molecular complexity index is 205. The third-order valence-electron chi connectivity index (χ3n) is 2.05. The first-order valence-electron chi connectivity index (χ1n) is 5.32. The minimum atomic E-state index is -0.0412. The van der Waals surface area contributed by atoms with Crippen LogP contribution in [-0.4, -0.2) is 37.7 Å². The molecule has 15 heavy (non-hydrogen) atoms. The first-order chi connectivity index (χ1) is 7.10. The fourth-order valence-corrected chi connectivity index (χ4v) is 1.18. The normalized spacial score (nSPS) is 13.4. The molecule has 88 valence electrons. The van der Waals surface area contributed by atoms with Crippen molar-refractivity contribution in [1.29, 1.82) is 0 Å². The number of rotatable bonds is 7. The van der Waals surface area contributed by atoms with Crippen LogP contribution in [0.2, 0.25) is 0 Å². The van der Waals surface area contributed by atoms with Crippen LogP contribution < -0.4 is 5.32 Å². The zero-order valence-corrected chi connectivity index (χ0v) is 10.1. The Morgan fingerprint density at radius 2 is 2.27 bits per heavy atom. The van der Waals surface area contributed by atoms with Crippen LogP contribution in [0.5, 0.6) is 0 Å². The smallest absolute Gasteiger partial charge is 0.243 e. The number of nitrogens with zero attached hydrogens (tertiary/aromatic N) is 1. The summed E-state index contributed by atoms with van der Waals surface area (Å²) in [6, 6.07) is 0.243. The molecule has 1 amide bonds. The lowest BCUT2D eigenvalue weighted by Crippen LogP contribution is -2.31. The lowest BCUT2D eigenvalue weighted by molar-refractivity contribution is -0.117. The molecule has 0 radical (unpaired) electrons. The second kappa shape index (κ2) is 8.44. The van der Waals surface area contributed by atoms with Gasteiger partial charge in [-0.2, -0.15) is 5.06 Å². The predicted molar refractivity (Wildman–Crippen MR) is 61.3 cm³/mol. The van der Waals surface area contributed by atoms with E-state index in [-0.39, 0.29) is 11.9 Å².